The zero-order valence-electron chi connectivity index (χ0n) is 24.3. The highest BCUT2D eigenvalue weighted by molar-refractivity contribution is 7.99. The van der Waals surface area contributed by atoms with E-state index in [1.165, 1.54) is 0 Å². The van der Waals surface area contributed by atoms with Crippen molar-refractivity contribution in [2.24, 2.45) is 0 Å². The molecule has 43 heavy (non-hydrogen) atoms. The number of rotatable bonds is 14. The first-order valence-corrected chi connectivity index (χ1v) is 15.7. The van der Waals surface area contributed by atoms with Gasteiger partial charge in [0.25, 0.3) is 0 Å². The molecule has 4 aromatic rings. The molecule has 0 bridgehead atoms. The first-order valence-electron chi connectivity index (χ1n) is 14.7. The van der Waals surface area contributed by atoms with Crippen LogP contribution in [-0.4, -0.2) is 41.6 Å². The first-order chi connectivity index (χ1) is 21.2. The number of benzene rings is 4. The lowest BCUT2D eigenvalue weighted by Crippen LogP contribution is -2.61. The van der Waals surface area contributed by atoms with E-state index in [4.69, 9.17) is 23.7 Å². The average Bonchev–Trinajstić information content (AvgIpc) is 3.07. The highest BCUT2D eigenvalue weighted by Gasteiger charge is 2.51. The van der Waals surface area contributed by atoms with Crippen LogP contribution in [0.1, 0.15) is 29.2 Å². The van der Waals surface area contributed by atoms with Crippen molar-refractivity contribution in [3.8, 4) is 0 Å². The van der Waals surface area contributed by atoms with Crippen LogP contribution in [0.25, 0.3) is 0 Å². The molecule has 0 aromatic heterocycles. The van der Waals surface area contributed by atoms with Gasteiger partial charge in [-0.05, 0) is 28.0 Å². The molecule has 0 spiro atoms. The molecule has 6 nitrogen and oxygen atoms in total. The standard InChI is InChI=1S/C36H38O6S/c1-2-43-36-34(40-25-29-19-11-5-12-20-29)32(39-24-28-17-9-4-10-18-28)31(38-23-27-15-7-3-8-16-27)33(42-36)35(37)41-26-30-21-13-6-14-22-30/h3-22,31-34,36H,2,23-26H2,1H3/t31-,32-,33-,34+,36?/m0/s1. The molecule has 1 aliphatic heterocycles. The fourth-order valence-electron chi connectivity index (χ4n) is 4.96. The van der Waals surface area contributed by atoms with Crippen LogP contribution >= 0.6 is 11.8 Å². The predicted octanol–water partition coefficient (Wildman–Crippen LogP) is 6.96. The third-order valence-corrected chi connectivity index (χ3v) is 8.18. The first kappa shape index (κ1) is 31.0. The van der Waals surface area contributed by atoms with Gasteiger partial charge in [-0.3, -0.25) is 0 Å². The van der Waals surface area contributed by atoms with Crippen LogP contribution in [0.4, 0.5) is 0 Å². The fraction of sp³-hybridized carbons (Fsp3) is 0.306. The van der Waals surface area contributed by atoms with Crippen molar-refractivity contribution in [2.75, 3.05) is 5.75 Å². The van der Waals surface area contributed by atoms with Gasteiger partial charge >= 0.3 is 5.97 Å². The summed E-state index contributed by atoms with van der Waals surface area (Å²) in [4.78, 5) is 13.7. The molecule has 224 valence electrons. The predicted molar refractivity (Wildman–Crippen MR) is 168 cm³/mol. The lowest BCUT2D eigenvalue weighted by Gasteiger charge is -2.45. The third kappa shape index (κ3) is 9.02. The van der Waals surface area contributed by atoms with Gasteiger partial charge in [0.2, 0.25) is 0 Å². The van der Waals surface area contributed by atoms with E-state index >= 15 is 0 Å². The SMILES string of the molecule is CCSC1O[C@H](C(=O)OCc2ccccc2)[C@@H](OCc2ccccc2)[C@H](OCc2ccccc2)[C@H]1OCc1ccccc1. The summed E-state index contributed by atoms with van der Waals surface area (Å²) in [5.74, 6) is 0.279. The third-order valence-electron chi connectivity index (χ3n) is 7.14. The van der Waals surface area contributed by atoms with Gasteiger partial charge in [0, 0.05) is 0 Å². The van der Waals surface area contributed by atoms with Gasteiger partial charge in [-0.1, -0.05) is 128 Å². The quantitative estimate of drug-likeness (QED) is 0.145. The van der Waals surface area contributed by atoms with E-state index in [0.29, 0.717) is 13.2 Å². The van der Waals surface area contributed by atoms with Crippen LogP contribution in [0.5, 0.6) is 0 Å². The molecule has 5 atom stereocenters. The zero-order valence-corrected chi connectivity index (χ0v) is 25.1. The minimum atomic E-state index is -1.01. The lowest BCUT2D eigenvalue weighted by atomic mass is 9.98. The highest BCUT2D eigenvalue weighted by atomic mass is 32.2. The second kappa shape index (κ2) is 16.4. The molecule has 5 rings (SSSR count). The number of carbonyl (C=O) groups excluding carboxylic acids is 1. The monoisotopic (exact) mass is 598 g/mol. The molecule has 4 aromatic carbocycles. The Kier molecular flexibility index (Phi) is 11.8. The summed E-state index contributed by atoms with van der Waals surface area (Å²) in [6, 6.07) is 39.5. The minimum absolute atomic E-state index is 0.139. The van der Waals surface area contributed by atoms with Crippen molar-refractivity contribution < 1.29 is 28.5 Å². The van der Waals surface area contributed by atoms with E-state index in [9.17, 15) is 4.79 Å². The second-order valence-corrected chi connectivity index (χ2v) is 11.6. The number of ether oxygens (including phenoxy) is 5. The Morgan fingerprint density at radius 1 is 0.581 bits per heavy atom. The fourth-order valence-corrected chi connectivity index (χ4v) is 5.91. The van der Waals surface area contributed by atoms with Crippen molar-refractivity contribution >= 4 is 17.7 Å². The van der Waals surface area contributed by atoms with E-state index in [1.54, 1.807) is 11.8 Å². The Morgan fingerprint density at radius 2 is 0.977 bits per heavy atom. The Hall–Kier alpha value is -3.46. The van der Waals surface area contributed by atoms with E-state index in [1.807, 2.05) is 121 Å². The van der Waals surface area contributed by atoms with Crippen molar-refractivity contribution in [1.82, 2.24) is 0 Å². The van der Waals surface area contributed by atoms with Crippen molar-refractivity contribution in [2.45, 2.75) is 63.2 Å². The molecular formula is C36H38O6S. The van der Waals surface area contributed by atoms with Crippen molar-refractivity contribution in [1.29, 1.82) is 0 Å². The number of carbonyl (C=O) groups is 1. The van der Waals surface area contributed by atoms with Gasteiger partial charge < -0.3 is 23.7 Å². The normalized spacial score (nSPS) is 21.7. The maximum atomic E-state index is 13.7. The van der Waals surface area contributed by atoms with E-state index in [0.717, 1.165) is 28.0 Å². The summed E-state index contributed by atoms with van der Waals surface area (Å²) in [6.45, 7) is 3.18. The summed E-state index contributed by atoms with van der Waals surface area (Å²) >= 11 is 1.58. The maximum Gasteiger partial charge on any atom is 0.338 e. The molecule has 1 saturated heterocycles. The van der Waals surface area contributed by atoms with Gasteiger partial charge in [-0.15, -0.1) is 11.8 Å². The summed E-state index contributed by atoms with van der Waals surface area (Å²) in [6.07, 6.45) is -2.90. The summed E-state index contributed by atoms with van der Waals surface area (Å²) in [5.41, 5.74) is 3.46. The molecule has 1 heterocycles. The van der Waals surface area contributed by atoms with Crippen LogP contribution in [0.15, 0.2) is 121 Å². The topological polar surface area (TPSA) is 63.2 Å². The molecule has 0 aliphatic carbocycles. The van der Waals surface area contributed by atoms with Gasteiger partial charge in [-0.25, -0.2) is 4.79 Å². The summed E-state index contributed by atoms with van der Waals surface area (Å²) < 4.78 is 32.1. The molecular weight excluding hydrogens is 560 g/mol. The van der Waals surface area contributed by atoms with Crippen molar-refractivity contribution in [3.05, 3.63) is 144 Å². The lowest BCUT2D eigenvalue weighted by molar-refractivity contribution is -0.250. The van der Waals surface area contributed by atoms with Crippen molar-refractivity contribution in [3.63, 3.8) is 0 Å². The molecule has 0 amide bonds. The van der Waals surface area contributed by atoms with Gasteiger partial charge in [0.15, 0.2) is 6.10 Å². The molecule has 1 aliphatic rings. The molecule has 7 heteroatoms. The largest absolute Gasteiger partial charge is 0.459 e. The zero-order chi connectivity index (χ0) is 29.7. The van der Waals surface area contributed by atoms with Crippen LogP contribution in [0.3, 0.4) is 0 Å². The Labute approximate surface area is 258 Å². The Morgan fingerprint density at radius 3 is 1.42 bits per heavy atom. The molecule has 0 N–H and O–H groups in total. The molecule has 1 fully saturated rings. The number of hydrogen-bond acceptors (Lipinski definition) is 7. The molecule has 0 saturated carbocycles. The minimum Gasteiger partial charge on any atom is -0.459 e. The van der Waals surface area contributed by atoms with Gasteiger partial charge in [-0.2, -0.15) is 0 Å². The van der Waals surface area contributed by atoms with Gasteiger partial charge in [0.05, 0.1) is 19.8 Å². The maximum absolute atomic E-state index is 13.7. The van der Waals surface area contributed by atoms with E-state index in [-0.39, 0.29) is 13.2 Å². The average molecular weight is 599 g/mol. The Balaban J connectivity index is 1.44. The highest BCUT2D eigenvalue weighted by Crippen LogP contribution is 2.35. The van der Waals surface area contributed by atoms with E-state index < -0.39 is 35.8 Å². The van der Waals surface area contributed by atoms with Gasteiger partial charge in [0.1, 0.15) is 30.4 Å². The number of esters is 1. The Bertz CT molecular complexity index is 1360. The van der Waals surface area contributed by atoms with Crippen LogP contribution in [0, 0.1) is 0 Å². The smallest absolute Gasteiger partial charge is 0.338 e. The number of hydrogen-bond donors (Lipinski definition) is 0. The number of thioether (sulfide) groups is 1. The van der Waals surface area contributed by atoms with Crippen LogP contribution in [-0.2, 0) is 54.9 Å². The summed E-state index contributed by atoms with van der Waals surface area (Å²) in [5, 5.41) is 0. The molecule has 0 radical (unpaired) electrons. The van der Waals surface area contributed by atoms with Crippen LogP contribution in [0.2, 0.25) is 0 Å². The second-order valence-electron chi connectivity index (χ2n) is 10.3. The van der Waals surface area contributed by atoms with E-state index in [2.05, 4.69) is 6.92 Å². The van der Waals surface area contributed by atoms with Crippen LogP contribution < -0.4 is 0 Å². The summed E-state index contributed by atoms with van der Waals surface area (Å²) in [7, 11) is 0. The molecule has 1 unspecified atom stereocenters.